The van der Waals surface area contributed by atoms with Gasteiger partial charge in [-0.05, 0) is 62.0 Å². The van der Waals surface area contributed by atoms with Crippen LogP contribution in [0.4, 0.5) is 0 Å². The van der Waals surface area contributed by atoms with Crippen LogP contribution in [0.15, 0.2) is 66.9 Å². The van der Waals surface area contributed by atoms with Gasteiger partial charge in [0.05, 0.1) is 31.0 Å². The van der Waals surface area contributed by atoms with E-state index in [1.54, 1.807) is 0 Å². The van der Waals surface area contributed by atoms with Crippen molar-refractivity contribution in [2.24, 2.45) is 0 Å². The third kappa shape index (κ3) is 4.67. The summed E-state index contributed by atoms with van der Waals surface area (Å²) >= 11 is 5.88. The number of para-hydroxylation sites is 1. The zero-order chi connectivity index (χ0) is 22.6. The molecule has 2 aliphatic rings. The molecule has 0 spiro atoms. The lowest BCUT2D eigenvalue weighted by atomic mass is 10.0. The summed E-state index contributed by atoms with van der Waals surface area (Å²) in [7, 11) is 0. The van der Waals surface area contributed by atoms with Gasteiger partial charge < -0.3 is 19.5 Å². The Hall–Kier alpha value is -2.74. The maximum Gasteiger partial charge on any atom is 0.170 e. The van der Waals surface area contributed by atoms with Crippen molar-refractivity contribution in [3.05, 3.63) is 83.9 Å². The van der Waals surface area contributed by atoms with Crippen molar-refractivity contribution >= 4 is 17.3 Å². The van der Waals surface area contributed by atoms with E-state index >= 15 is 0 Å². The highest BCUT2D eigenvalue weighted by molar-refractivity contribution is 7.80. The van der Waals surface area contributed by atoms with Crippen molar-refractivity contribution < 1.29 is 4.74 Å². The summed E-state index contributed by atoms with van der Waals surface area (Å²) in [6.45, 7) is 7.81. The van der Waals surface area contributed by atoms with E-state index in [1.807, 2.05) is 18.3 Å². The van der Waals surface area contributed by atoms with Crippen LogP contribution in [0, 0.1) is 6.92 Å². The van der Waals surface area contributed by atoms with E-state index < -0.39 is 0 Å². The predicted molar refractivity (Wildman–Crippen MR) is 135 cm³/mol. The van der Waals surface area contributed by atoms with Crippen molar-refractivity contribution in [3.63, 3.8) is 0 Å². The maximum atomic E-state index is 5.88. The largest absolute Gasteiger partial charge is 0.379 e. The van der Waals surface area contributed by atoms with Crippen molar-refractivity contribution in [1.82, 2.24) is 24.7 Å². The van der Waals surface area contributed by atoms with E-state index in [-0.39, 0.29) is 12.1 Å². The summed E-state index contributed by atoms with van der Waals surface area (Å²) in [5.41, 5.74) is 4.62. The molecule has 0 unspecified atom stereocenters. The van der Waals surface area contributed by atoms with Crippen LogP contribution in [0.1, 0.15) is 35.6 Å². The van der Waals surface area contributed by atoms with Gasteiger partial charge in [-0.15, -0.1) is 0 Å². The molecule has 3 aromatic rings. The van der Waals surface area contributed by atoms with Crippen LogP contribution in [0.3, 0.4) is 0 Å². The number of rotatable bonds is 7. The van der Waals surface area contributed by atoms with E-state index in [4.69, 9.17) is 17.0 Å². The van der Waals surface area contributed by atoms with Gasteiger partial charge in [0.15, 0.2) is 5.11 Å². The SMILES string of the molecule is Cc1ccc([C@H]2[C@@H](c3ccccn3)NC(=S)N2CCCN2CCOCC2)n1-c1ccccc1. The zero-order valence-electron chi connectivity index (χ0n) is 19.1. The number of ether oxygens (including phenoxy) is 1. The fraction of sp³-hybridized carbons (Fsp3) is 0.385. The Balaban J connectivity index is 1.47. The summed E-state index contributed by atoms with van der Waals surface area (Å²) in [6, 6.07) is 21.2. The second-order valence-electron chi connectivity index (χ2n) is 8.70. The van der Waals surface area contributed by atoms with Gasteiger partial charge in [0.25, 0.3) is 0 Å². The van der Waals surface area contributed by atoms with Crippen LogP contribution in [0.25, 0.3) is 5.69 Å². The van der Waals surface area contributed by atoms with Gasteiger partial charge in [0.1, 0.15) is 0 Å². The lowest BCUT2D eigenvalue weighted by Gasteiger charge is -2.31. The van der Waals surface area contributed by atoms with Gasteiger partial charge >= 0.3 is 0 Å². The number of hydrogen-bond donors (Lipinski definition) is 1. The van der Waals surface area contributed by atoms with Gasteiger partial charge in [0, 0.05) is 49.5 Å². The highest BCUT2D eigenvalue weighted by Gasteiger charge is 2.41. The first kappa shape index (κ1) is 22.1. The number of thiocarbonyl (C=S) groups is 1. The number of aromatic nitrogens is 2. The number of morpholine rings is 1. The minimum Gasteiger partial charge on any atom is -0.379 e. The molecule has 2 aromatic heterocycles. The molecule has 5 rings (SSSR count). The predicted octanol–water partition coefficient (Wildman–Crippen LogP) is 3.88. The van der Waals surface area contributed by atoms with Gasteiger partial charge in [-0.2, -0.15) is 0 Å². The van der Waals surface area contributed by atoms with E-state index in [9.17, 15) is 0 Å². The molecule has 0 amide bonds. The van der Waals surface area contributed by atoms with Crippen molar-refractivity contribution in [3.8, 4) is 5.69 Å². The van der Waals surface area contributed by atoms with Crippen LogP contribution < -0.4 is 5.32 Å². The number of hydrogen-bond acceptors (Lipinski definition) is 4. The Bertz CT molecular complexity index is 1060. The number of pyridine rings is 1. The lowest BCUT2D eigenvalue weighted by Crippen LogP contribution is -2.39. The van der Waals surface area contributed by atoms with Crippen LogP contribution in [0.5, 0.6) is 0 Å². The average molecular weight is 462 g/mol. The average Bonchev–Trinajstić information content (AvgIpc) is 3.40. The van der Waals surface area contributed by atoms with Crippen LogP contribution in [0.2, 0.25) is 0 Å². The summed E-state index contributed by atoms with van der Waals surface area (Å²) in [4.78, 5) is 9.54. The maximum absolute atomic E-state index is 5.88. The number of aryl methyl sites for hydroxylation is 1. The lowest BCUT2D eigenvalue weighted by molar-refractivity contribution is 0.0365. The van der Waals surface area contributed by atoms with E-state index in [0.29, 0.717) is 0 Å². The molecule has 0 bridgehead atoms. The minimum atomic E-state index is -0.00107. The summed E-state index contributed by atoms with van der Waals surface area (Å²) < 4.78 is 7.85. The molecular formula is C26H31N5OS. The van der Waals surface area contributed by atoms with Crippen molar-refractivity contribution in [2.75, 3.05) is 39.4 Å². The van der Waals surface area contributed by atoms with E-state index in [1.165, 1.54) is 17.1 Å². The molecule has 0 radical (unpaired) electrons. The van der Waals surface area contributed by atoms with Crippen LogP contribution in [-0.2, 0) is 4.74 Å². The molecule has 2 atom stereocenters. The molecule has 1 N–H and O–H groups in total. The monoisotopic (exact) mass is 461 g/mol. The molecule has 0 aliphatic carbocycles. The number of nitrogens with one attached hydrogen (secondary N) is 1. The second-order valence-corrected chi connectivity index (χ2v) is 9.08. The molecule has 0 saturated carbocycles. The third-order valence-corrected chi connectivity index (χ3v) is 6.95. The Morgan fingerprint density at radius 1 is 1.00 bits per heavy atom. The fourth-order valence-corrected chi connectivity index (χ4v) is 5.31. The molecule has 2 aliphatic heterocycles. The van der Waals surface area contributed by atoms with Crippen LogP contribution >= 0.6 is 12.2 Å². The fourth-order valence-electron chi connectivity index (χ4n) is 4.98. The first-order valence-corrected chi connectivity index (χ1v) is 12.1. The van der Waals surface area contributed by atoms with Crippen molar-refractivity contribution in [1.29, 1.82) is 0 Å². The molecule has 1 aromatic carbocycles. The molecule has 172 valence electrons. The zero-order valence-corrected chi connectivity index (χ0v) is 19.9. The topological polar surface area (TPSA) is 45.6 Å². The Labute approximate surface area is 201 Å². The van der Waals surface area contributed by atoms with Gasteiger partial charge in [-0.3, -0.25) is 9.88 Å². The van der Waals surface area contributed by atoms with E-state index in [2.05, 4.69) is 80.1 Å². The standard InChI is InChI=1S/C26H31N5OS/c1-20-11-12-23(31(20)21-8-3-2-4-9-21)25-24(22-10-5-6-13-27-22)28-26(33)30(25)15-7-14-29-16-18-32-19-17-29/h2-6,8-13,24-25H,7,14-19H2,1H3,(H,28,33)/t24-,25+/m1/s1. The first-order valence-electron chi connectivity index (χ1n) is 11.7. The first-order chi connectivity index (χ1) is 16.2. The number of nitrogens with zero attached hydrogens (tertiary/aromatic N) is 4. The molecular weight excluding hydrogens is 430 g/mol. The Morgan fingerprint density at radius 2 is 1.79 bits per heavy atom. The quantitative estimate of drug-likeness (QED) is 0.539. The molecule has 2 saturated heterocycles. The minimum absolute atomic E-state index is 0.00107. The smallest absolute Gasteiger partial charge is 0.170 e. The summed E-state index contributed by atoms with van der Waals surface area (Å²) in [5, 5.41) is 4.40. The van der Waals surface area contributed by atoms with Gasteiger partial charge in [-0.25, -0.2) is 0 Å². The van der Waals surface area contributed by atoms with Gasteiger partial charge in [0.2, 0.25) is 0 Å². The molecule has 4 heterocycles. The summed E-state index contributed by atoms with van der Waals surface area (Å²) in [6.07, 6.45) is 2.91. The van der Waals surface area contributed by atoms with Crippen molar-refractivity contribution in [2.45, 2.75) is 25.4 Å². The van der Waals surface area contributed by atoms with E-state index in [0.717, 1.165) is 56.6 Å². The second kappa shape index (κ2) is 10.0. The molecule has 7 heteroatoms. The summed E-state index contributed by atoms with van der Waals surface area (Å²) in [5.74, 6) is 0. The normalized spacial score (nSPS) is 21.4. The highest BCUT2D eigenvalue weighted by atomic mass is 32.1. The number of benzene rings is 1. The highest BCUT2D eigenvalue weighted by Crippen LogP contribution is 2.40. The third-order valence-electron chi connectivity index (χ3n) is 6.60. The Morgan fingerprint density at radius 3 is 2.55 bits per heavy atom. The Kier molecular flexibility index (Phi) is 6.71. The molecule has 6 nitrogen and oxygen atoms in total. The molecule has 2 fully saturated rings. The molecule has 33 heavy (non-hydrogen) atoms. The van der Waals surface area contributed by atoms with Crippen LogP contribution in [-0.4, -0.2) is 63.9 Å². The van der Waals surface area contributed by atoms with Gasteiger partial charge in [-0.1, -0.05) is 24.3 Å².